The molecule has 1 aliphatic heterocycles. The number of ether oxygens (including phenoxy) is 1. The summed E-state index contributed by atoms with van der Waals surface area (Å²) in [5, 5.41) is 10.4. The highest BCUT2D eigenvalue weighted by Crippen LogP contribution is 2.28. The van der Waals surface area contributed by atoms with Crippen molar-refractivity contribution in [3.05, 3.63) is 66.5 Å². The molecule has 0 atom stereocenters. The van der Waals surface area contributed by atoms with Crippen LogP contribution in [-0.4, -0.2) is 78.4 Å². The standard InChI is InChI=1S/C29H34N10O3/c1-19-14-23(37(5)36-19)27(40)33-21-16-22(34-24(17-21)35-25-18-30-8-9-31-25)20-6-7-32-26(15-20)38-10-12-39(13-11-38)28(41)42-29(2,3)4/h6-9,14-18H,10-13H2,1-5H3,(H2,31,33,34,35,40). The number of anilines is 4. The molecule has 0 bridgehead atoms. The first-order valence-electron chi connectivity index (χ1n) is 13.6. The van der Waals surface area contributed by atoms with E-state index in [-0.39, 0.29) is 12.0 Å². The van der Waals surface area contributed by atoms with Crippen molar-refractivity contribution in [3.63, 3.8) is 0 Å². The molecular formula is C29H34N10O3. The Balaban J connectivity index is 1.39. The number of piperazine rings is 1. The zero-order chi connectivity index (χ0) is 29.9. The van der Waals surface area contributed by atoms with Crippen LogP contribution in [0.3, 0.4) is 0 Å². The summed E-state index contributed by atoms with van der Waals surface area (Å²) in [4.78, 5) is 47.2. The molecule has 0 spiro atoms. The van der Waals surface area contributed by atoms with Gasteiger partial charge in [0.2, 0.25) is 0 Å². The lowest BCUT2D eigenvalue weighted by molar-refractivity contribution is 0.0240. The van der Waals surface area contributed by atoms with Crippen molar-refractivity contribution in [2.24, 2.45) is 7.05 Å². The van der Waals surface area contributed by atoms with E-state index in [0.29, 0.717) is 54.9 Å². The van der Waals surface area contributed by atoms with Crippen molar-refractivity contribution in [2.45, 2.75) is 33.3 Å². The van der Waals surface area contributed by atoms with Gasteiger partial charge in [0.25, 0.3) is 5.91 Å². The Morgan fingerprint density at radius 1 is 0.952 bits per heavy atom. The number of amides is 2. The summed E-state index contributed by atoms with van der Waals surface area (Å²) in [6, 6.07) is 9.09. The molecule has 0 radical (unpaired) electrons. The first-order valence-corrected chi connectivity index (χ1v) is 13.6. The number of nitrogens with one attached hydrogen (secondary N) is 2. The molecular weight excluding hydrogens is 536 g/mol. The molecule has 0 saturated carbocycles. The van der Waals surface area contributed by atoms with Gasteiger partial charge < -0.3 is 25.2 Å². The average molecular weight is 571 g/mol. The second-order valence-corrected chi connectivity index (χ2v) is 10.9. The Morgan fingerprint density at radius 3 is 2.40 bits per heavy atom. The summed E-state index contributed by atoms with van der Waals surface area (Å²) in [6.45, 7) is 9.70. The molecule has 4 aromatic heterocycles. The third-order valence-electron chi connectivity index (χ3n) is 6.43. The SMILES string of the molecule is Cc1cc(C(=O)Nc2cc(Nc3cnccn3)nc(-c3ccnc(N4CCN(C(=O)OC(C)(C)C)CC4)c3)c2)n(C)n1. The highest BCUT2D eigenvalue weighted by atomic mass is 16.6. The molecule has 1 aliphatic rings. The Bertz CT molecular complexity index is 1570. The maximum Gasteiger partial charge on any atom is 0.410 e. The molecule has 0 aromatic carbocycles. The Labute approximate surface area is 244 Å². The molecule has 2 amide bonds. The van der Waals surface area contributed by atoms with Gasteiger partial charge in [-0.25, -0.2) is 19.7 Å². The number of rotatable bonds is 6. The number of aromatic nitrogens is 6. The molecule has 0 unspecified atom stereocenters. The third kappa shape index (κ3) is 6.97. The predicted octanol–water partition coefficient (Wildman–Crippen LogP) is 4.03. The van der Waals surface area contributed by atoms with E-state index in [1.165, 1.54) is 0 Å². The molecule has 13 heteroatoms. The maximum atomic E-state index is 13.1. The summed E-state index contributed by atoms with van der Waals surface area (Å²) in [7, 11) is 1.73. The molecule has 5 rings (SSSR count). The molecule has 13 nitrogen and oxygen atoms in total. The van der Waals surface area contributed by atoms with Crippen molar-refractivity contribution < 1.29 is 14.3 Å². The Hall–Kier alpha value is -5.07. The van der Waals surface area contributed by atoms with Crippen molar-refractivity contribution in [1.29, 1.82) is 0 Å². The van der Waals surface area contributed by atoms with E-state index < -0.39 is 5.60 Å². The summed E-state index contributed by atoms with van der Waals surface area (Å²) >= 11 is 0. The fraction of sp³-hybridized carbons (Fsp3) is 0.345. The molecule has 1 saturated heterocycles. The van der Waals surface area contributed by atoms with E-state index in [2.05, 4.69) is 35.6 Å². The Morgan fingerprint density at radius 2 is 1.74 bits per heavy atom. The van der Waals surface area contributed by atoms with Crippen LogP contribution in [0.15, 0.2) is 55.1 Å². The van der Waals surface area contributed by atoms with Crippen LogP contribution in [0.25, 0.3) is 11.3 Å². The van der Waals surface area contributed by atoms with Gasteiger partial charge in [-0.1, -0.05) is 0 Å². The second-order valence-electron chi connectivity index (χ2n) is 10.9. The lowest BCUT2D eigenvalue weighted by Crippen LogP contribution is -2.50. The van der Waals surface area contributed by atoms with E-state index in [1.54, 1.807) is 53.5 Å². The van der Waals surface area contributed by atoms with Crippen LogP contribution < -0.4 is 15.5 Å². The van der Waals surface area contributed by atoms with Crippen molar-refractivity contribution >= 4 is 35.1 Å². The van der Waals surface area contributed by atoms with Gasteiger partial charge >= 0.3 is 6.09 Å². The predicted molar refractivity (Wildman–Crippen MR) is 159 cm³/mol. The summed E-state index contributed by atoms with van der Waals surface area (Å²) in [6.07, 6.45) is 6.18. The zero-order valence-electron chi connectivity index (χ0n) is 24.3. The molecule has 42 heavy (non-hydrogen) atoms. The molecule has 1 fully saturated rings. The molecule has 4 aromatic rings. The number of carbonyl (C=O) groups excluding carboxylic acids is 2. The number of hydrogen-bond donors (Lipinski definition) is 2. The Kier molecular flexibility index (Phi) is 8.00. The van der Waals surface area contributed by atoms with E-state index >= 15 is 0 Å². The van der Waals surface area contributed by atoms with Gasteiger partial charge in [-0.15, -0.1) is 0 Å². The number of carbonyl (C=O) groups is 2. The normalized spacial score (nSPS) is 13.5. The summed E-state index contributed by atoms with van der Waals surface area (Å²) in [5.41, 5.74) is 2.62. The van der Waals surface area contributed by atoms with Crippen LogP contribution in [0, 0.1) is 6.92 Å². The highest BCUT2D eigenvalue weighted by Gasteiger charge is 2.26. The molecule has 218 valence electrons. The highest BCUT2D eigenvalue weighted by molar-refractivity contribution is 6.03. The number of hydrogen-bond acceptors (Lipinski definition) is 10. The monoisotopic (exact) mass is 570 g/mol. The first-order chi connectivity index (χ1) is 20.0. The van der Waals surface area contributed by atoms with Gasteiger partial charge in [-0.05, 0) is 52.0 Å². The van der Waals surface area contributed by atoms with E-state index in [9.17, 15) is 9.59 Å². The van der Waals surface area contributed by atoms with Crippen LogP contribution in [0.1, 0.15) is 37.0 Å². The molecule has 2 N–H and O–H groups in total. The third-order valence-corrected chi connectivity index (χ3v) is 6.43. The van der Waals surface area contributed by atoms with Gasteiger partial charge in [0, 0.05) is 69.1 Å². The van der Waals surface area contributed by atoms with E-state index in [1.807, 2.05) is 45.9 Å². The molecule has 0 aliphatic carbocycles. The van der Waals surface area contributed by atoms with Crippen molar-refractivity contribution in [3.8, 4) is 11.3 Å². The topological polar surface area (TPSA) is 143 Å². The minimum absolute atomic E-state index is 0.293. The van der Waals surface area contributed by atoms with E-state index in [4.69, 9.17) is 9.72 Å². The number of aryl methyl sites for hydroxylation is 2. The van der Waals surface area contributed by atoms with Crippen molar-refractivity contribution in [1.82, 2.24) is 34.6 Å². The first kappa shape index (κ1) is 28.5. The van der Waals surface area contributed by atoms with Crippen molar-refractivity contribution in [2.75, 3.05) is 41.7 Å². The van der Waals surface area contributed by atoms with Gasteiger partial charge in [-0.3, -0.25) is 14.5 Å². The average Bonchev–Trinajstić information content (AvgIpc) is 3.30. The van der Waals surface area contributed by atoms with Gasteiger partial charge in [0.15, 0.2) is 0 Å². The van der Waals surface area contributed by atoms with Gasteiger partial charge in [0.05, 0.1) is 17.6 Å². The maximum absolute atomic E-state index is 13.1. The van der Waals surface area contributed by atoms with Gasteiger partial charge in [-0.2, -0.15) is 5.10 Å². The lowest BCUT2D eigenvalue weighted by Gasteiger charge is -2.36. The zero-order valence-corrected chi connectivity index (χ0v) is 24.3. The summed E-state index contributed by atoms with van der Waals surface area (Å²) in [5.74, 6) is 1.47. The van der Waals surface area contributed by atoms with Gasteiger partial charge in [0.1, 0.15) is 28.7 Å². The fourth-order valence-electron chi connectivity index (χ4n) is 4.52. The summed E-state index contributed by atoms with van der Waals surface area (Å²) < 4.78 is 7.06. The smallest absolute Gasteiger partial charge is 0.410 e. The largest absolute Gasteiger partial charge is 0.444 e. The number of nitrogens with zero attached hydrogens (tertiary/aromatic N) is 8. The minimum Gasteiger partial charge on any atom is -0.444 e. The fourth-order valence-corrected chi connectivity index (χ4v) is 4.52. The quantitative estimate of drug-likeness (QED) is 0.349. The van der Waals surface area contributed by atoms with Crippen LogP contribution in [-0.2, 0) is 11.8 Å². The molecule has 5 heterocycles. The second kappa shape index (κ2) is 11.8. The van der Waals surface area contributed by atoms with Crippen LogP contribution in [0.5, 0.6) is 0 Å². The van der Waals surface area contributed by atoms with Crippen LogP contribution in [0.2, 0.25) is 0 Å². The van der Waals surface area contributed by atoms with Crippen LogP contribution in [0.4, 0.5) is 27.9 Å². The van der Waals surface area contributed by atoms with E-state index in [0.717, 1.165) is 17.1 Å². The lowest BCUT2D eigenvalue weighted by atomic mass is 10.1. The number of pyridine rings is 2. The van der Waals surface area contributed by atoms with Crippen LogP contribution >= 0.6 is 0 Å². The minimum atomic E-state index is -0.539.